The van der Waals surface area contributed by atoms with Crippen molar-refractivity contribution in [2.45, 2.75) is 51.1 Å². The first-order valence-electron chi connectivity index (χ1n) is 11.4. The van der Waals surface area contributed by atoms with Crippen LogP contribution in [-0.2, 0) is 9.59 Å². The van der Waals surface area contributed by atoms with Crippen LogP contribution in [-0.4, -0.2) is 27.7 Å². The van der Waals surface area contributed by atoms with Gasteiger partial charge in [0.1, 0.15) is 5.76 Å². The van der Waals surface area contributed by atoms with Crippen molar-refractivity contribution < 1.29 is 14.7 Å². The summed E-state index contributed by atoms with van der Waals surface area (Å²) in [5.74, 6) is -1.18. The number of ketones is 1. The highest BCUT2D eigenvalue weighted by molar-refractivity contribution is 6.46. The number of aryl methyl sites for hydroxylation is 1. The third-order valence-corrected chi connectivity index (χ3v) is 6.95. The van der Waals surface area contributed by atoms with Crippen molar-refractivity contribution in [2.24, 2.45) is 0 Å². The molecule has 5 rings (SSSR count). The third-order valence-electron chi connectivity index (χ3n) is 6.95. The van der Waals surface area contributed by atoms with Gasteiger partial charge >= 0.3 is 0 Å². The number of aliphatic hydroxyl groups excluding tert-OH is 1. The van der Waals surface area contributed by atoms with Crippen LogP contribution < -0.4 is 0 Å². The second-order valence-electron chi connectivity index (χ2n) is 8.92. The summed E-state index contributed by atoms with van der Waals surface area (Å²) in [4.78, 5) is 28.4. The molecule has 1 saturated carbocycles. The zero-order chi connectivity index (χ0) is 22.2. The van der Waals surface area contributed by atoms with Crippen LogP contribution in [0.1, 0.15) is 54.8 Å². The summed E-state index contributed by atoms with van der Waals surface area (Å²) in [6, 6.07) is 20.8. The SMILES string of the molecule is Cc1ccccc1C1/C(=C(\O)c2ccc3ccccc3c2)C(=O)C(=O)N1C1CCCCC1. The largest absolute Gasteiger partial charge is 0.507 e. The first kappa shape index (κ1) is 20.5. The number of benzene rings is 3. The van der Waals surface area contributed by atoms with Crippen molar-refractivity contribution in [3.63, 3.8) is 0 Å². The van der Waals surface area contributed by atoms with Gasteiger partial charge in [-0.15, -0.1) is 0 Å². The molecule has 1 atom stereocenters. The van der Waals surface area contributed by atoms with Crippen LogP contribution in [0.4, 0.5) is 0 Å². The number of hydrogen-bond donors (Lipinski definition) is 1. The predicted molar refractivity (Wildman–Crippen MR) is 126 cm³/mol. The van der Waals surface area contributed by atoms with Crippen LogP contribution in [0.2, 0.25) is 0 Å². The first-order chi connectivity index (χ1) is 15.6. The molecule has 0 aromatic heterocycles. The Morgan fingerprint density at radius 3 is 2.31 bits per heavy atom. The van der Waals surface area contributed by atoms with Crippen molar-refractivity contribution in [2.75, 3.05) is 0 Å². The van der Waals surface area contributed by atoms with Crippen molar-refractivity contribution in [3.05, 3.63) is 89.0 Å². The smallest absolute Gasteiger partial charge is 0.295 e. The van der Waals surface area contributed by atoms with E-state index < -0.39 is 17.7 Å². The minimum absolute atomic E-state index is 0.0201. The van der Waals surface area contributed by atoms with E-state index in [0.717, 1.165) is 54.0 Å². The topological polar surface area (TPSA) is 57.6 Å². The lowest BCUT2D eigenvalue weighted by molar-refractivity contribution is -0.141. The van der Waals surface area contributed by atoms with E-state index in [2.05, 4.69) is 0 Å². The minimum Gasteiger partial charge on any atom is -0.507 e. The summed E-state index contributed by atoms with van der Waals surface area (Å²) >= 11 is 0. The van der Waals surface area contributed by atoms with Crippen LogP contribution in [0.25, 0.3) is 16.5 Å². The van der Waals surface area contributed by atoms with Crippen molar-refractivity contribution in [1.82, 2.24) is 4.90 Å². The zero-order valence-corrected chi connectivity index (χ0v) is 18.3. The summed E-state index contributed by atoms with van der Waals surface area (Å²) in [6.45, 7) is 1.99. The van der Waals surface area contributed by atoms with Gasteiger partial charge in [-0.1, -0.05) is 79.9 Å². The van der Waals surface area contributed by atoms with Gasteiger partial charge in [0.2, 0.25) is 0 Å². The molecule has 0 spiro atoms. The van der Waals surface area contributed by atoms with Crippen LogP contribution >= 0.6 is 0 Å². The molecule has 32 heavy (non-hydrogen) atoms. The fourth-order valence-electron chi connectivity index (χ4n) is 5.28. The molecule has 162 valence electrons. The van der Waals surface area contributed by atoms with Gasteiger partial charge in [-0.3, -0.25) is 9.59 Å². The molecule has 1 aliphatic heterocycles. The van der Waals surface area contributed by atoms with Crippen LogP contribution in [0, 0.1) is 6.92 Å². The van der Waals surface area contributed by atoms with Crippen molar-refractivity contribution in [1.29, 1.82) is 0 Å². The molecule has 1 N–H and O–H groups in total. The molecule has 1 amide bonds. The molecule has 4 heteroatoms. The molecule has 1 unspecified atom stereocenters. The van der Waals surface area contributed by atoms with Crippen molar-refractivity contribution in [3.8, 4) is 0 Å². The normalized spacial score (nSPS) is 21.4. The van der Waals surface area contributed by atoms with Gasteiger partial charge in [-0.2, -0.15) is 0 Å². The maximum Gasteiger partial charge on any atom is 0.295 e. The molecule has 0 radical (unpaired) electrons. The Hall–Kier alpha value is -3.40. The van der Waals surface area contributed by atoms with E-state index in [9.17, 15) is 14.7 Å². The molecule has 1 saturated heterocycles. The fraction of sp³-hybridized carbons (Fsp3) is 0.286. The number of hydrogen-bond acceptors (Lipinski definition) is 3. The van der Waals surface area contributed by atoms with Gasteiger partial charge in [0.15, 0.2) is 0 Å². The Morgan fingerprint density at radius 1 is 0.875 bits per heavy atom. The van der Waals surface area contributed by atoms with Crippen LogP contribution in [0.3, 0.4) is 0 Å². The number of amides is 1. The number of Topliss-reactive ketones (excluding diaryl/α,β-unsaturated/α-hetero) is 1. The molecule has 3 aromatic rings. The van der Waals surface area contributed by atoms with E-state index in [1.165, 1.54) is 0 Å². The first-order valence-corrected chi connectivity index (χ1v) is 11.4. The number of carbonyl (C=O) groups excluding carboxylic acids is 2. The lowest BCUT2D eigenvalue weighted by atomic mass is 9.89. The predicted octanol–water partition coefficient (Wildman–Crippen LogP) is 5.90. The second-order valence-corrected chi connectivity index (χ2v) is 8.92. The zero-order valence-electron chi connectivity index (χ0n) is 18.3. The number of rotatable bonds is 3. The number of likely N-dealkylation sites (tertiary alicyclic amines) is 1. The van der Waals surface area contributed by atoms with E-state index in [1.54, 1.807) is 4.90 Å². The number of fused-ring (bicyclic) bond motifs is 1. The molecule has 2 aliphatic rings. The van der Waals surface area contributed by atoms with E-state index >= 15 is 0 Å². The molecule has 4 nitrogen and oxygen atoms in total. The number of nitrogens with zero attached hydrogens (tertiary/aromatic N) is 1. The molecular formula is C28H27NO3. The Labute approximate surface area is 188 Å². The highest BCUT2D eigenvalue weighted by Gasteiger charge is 2.49. The van der Waals surface area contributed by atoms with E-state index in [1.807, 2.05) is 73.7 Å². The average molecular weight is 426 g/mol. The molecular weight excluding hydrogens is 398 g/mol. The van der Waals surface area contributed by atoms with Crippen LogP contribution in [0.5, 0.6) is 0 Å². The number of aliphatic hydroxyl groups is 1. The second kappa shape index (κ2) is 8.27. The van der Waals surface area contributed by atoms with Gasteiger partial charge in [0.25, 0.3) is 11.7 Å². The van der Waals surface area contributed by atoms with Gasteiger partial charge in [-0.05, 0) is 47.7 Å². The molecule has 1 heterocycles. The highest BCUT2D eigenvalue weighted by atomic mass is 16.3. The standard InChI is InChI=1S/C28H27NO3/c1-18-9-5-8-14-23(18)25-24(27(31)28(32)29(25)22-12-3-2-4-13-22)26(30)21-16-15-19-10-6-7-11-20(19)17-21/h5-11,14-17,22,25,30H,2-4,12-13H2,1H3/b26-24+. The van der Waals surface area contributed by atoms with E-state index in [-0.39, 0.29) is 17.4 Å². The molecule has 1 aliphatic carbocycles. The Bertz CT molecular complexity index is 1240. The highest BCUT2D eigenvalue weighted by Crippen LogP contribution is 2.44. The third kappa shape index (κ3) is 3.40. The van der Waals surface area contributed by atoms with E-state index in [4.69, 9.17) is 0 Å². The number of carbonyl (C=O) groups is 2. The van der Waals surface area contributed by atoms with Crippen LogP contribution in [0.15, 0.2) is 72.3 Å². The monoisotopic (exact) mass is 425 g/mol. The Balaban J connectivity index is 1.69. The van der Waals surface area contributed by atoms with E-state index in [0.29, 0.717) is 5.56 Å². The lowest BCUT2D eigenvalue weighted by Crippen LogP contribution is -2.40. The Kier molecular flexibility index (Phi) is 5.30. The summed E-state index contributed by atoms with van der Waals surface area (Å²) in [7, 11) is 0. The maximum atomic E-state index is 13.3. The minimum atomic E-state index is -0.588. The summed E-state index contributed by atoms with van der Waals surface area (Å²) < 4.78 is 0. The lowest BCUT2D eigenvalue weighted by Gasteiger charge is -2.36. The van der Waals surface area contributed by atoms with Gasteiger partial charge in [0, 0.05) is 11.6 Å². The summed E-state index contributed by atoms with van der Waals surface area (Å²) in [5.41, 5.74) is 2.67. The summed E-state index contributed by atoms with van der Waals surface area (Å²) in [5, 5.41) is 13.4. The maximum absolute atomic E-state index is 13.3. The van der Waals surface area contributed by atoms with Gasteiger partial charge in [-0.25, -0.2) is 0 Å². The van der Waals surface area contributed by atoms with Gasteiger partial charge < -0.3 is 10.0 Å². The molecule has 2 fully saturated rings. The molecule has 3 aromatic carbocycles. The van der Waals surface area contributed by atoms with Gasteiger partial charge in [0.05, 0.1) is 11.6 Å². The van der Waals surface area contributed by atoms with Crippen molar-refractivity contribution >= 4 is 28.2 Å². The fourth-order valence-corrected chi connectivity index (χ4v) is 5.28. The Morgan fingerprint density at radius 2 is 1.56 bits per heavy atom. The average Bonchev–Trinajstić information content (AvgIpc) is 3.09. The molecule has 0 bridgehead atoms. The summed E-state index contributed by atoms with van der Waals surface area (Å²) in [6.07, 6.45) is 5.06. The quantitative estimate of drug-likeness (QED) is 0.323.